The smallest absolute Gasteiger partial charge is 0.142 e. The third-order valence-corrected chi connectivity index (χ3v) is 2.70. The first-order valence-electron chi connectivity index (χ1n) is 6.44. The molecule has 2 nitrogen and oxygen atoms in total. The van der Waals surface area contributed by atoms with Crippen LogP contribution in [0.25, 0.3) is 6.08 Å². The van der Waals surface area contributed by atoms with E-state index < -0.39 is 0 Å². The molecule has 100 valence electrons. The Labute approximate surface area is 119 Å². The maximum absolute atomic E-state index is 10.1. The maximum atomic E-state index is 10.1. The van der Waals surface area contributed by atoms with E-state index in [1.807, 2.05) is 66.7 Å². The van der Waals surface area contributed by atoms with E-state index >= 15 is 0 Å². The van der Waals surface area contributed by atoms with E-state index in [9.17, 15) is 4.79 Å². The molecule has 0 heterocycles. The van der Waals surface area contributed by atoms with Gasteiger partial charge in [-0.2, -0.15) is 0 Å². The third-order valence-electron chi connectivity index (χ3n) is 2.70. The number of aldehydes is 1. The van der Waals surface area contributed by atoms with Gasteiger partial charge >= 0.3 is 0 Å². The van der Waals surface area contributed by atoms with Gasteiger partial charge in [0.1, 0.15) is 18.6 Å². The molecule has 20 heavy (non-hydrogen) atoms. The van der Waals surface area contributed by atoms with Gasteiger partial charge in [0, 0.05) is 0 Å². The maximum Gasteiger partial charge on any atom is 0.142 e. The molecular weight excluding hydrogens is 248 g/mol. The van der Waals surface area contributed by atoms with Crippen LogP contribution in [0.1, 0.15) is 11.1 Å². The first-order valence-corrected chi connectivity index (χ1v) is 6.44. The summed E-state index contributed by atoms with van der Waals surface area (Å²) in [5.74, 6) is 0.829. The Bertz CT molecular complexity index is 598. The summed E-state index contributed by atoms with van der Waals surface area (Å²) < 4.78 is 5.75. The molecule has 0 N–H and O–H groups in total. The minimum absolute atomic E-state index is 0.555. The molecule has 0 aromatic heterocycles. The molecule has 0 saturated carbocycles. The summed E-state index contributed by atoms with van der Waals surface area (Å²) in [7, 11) is 0. The molecule has 2 rings (SSSR count). The molecule has 0 radical (unpaired) electrons. The lowest BCUT2D eigenvalue weighted by atomic mass is 10.2. The van der Waals surface area contributed by atoms with E-state index in [1.54, 1.807) is 6.08 Å². The van der Waals surface area contributed by atoms with Gasteiger partial charge in [-0.25, -0.2) is 0 Å². The van der Waals surface area contributed by atoms with Crippen molar-refractivity contribution in [2.45, 2.75) is 6.61 Å². The highest BCUT2D eigenvalue weighted by Crippen LogP contribution is 2.16. The minimum Gasteiger partial charge on any atom is -0.489 e. The molecule has 0 fully saturated rings. The Hall–Kier alpha value is -2.61. The van der Waals surface area contributed by atoms with E-state index in [2.05, 4.69) is 0 Å². The van der Waals surface area contributed by atoms with Crippen molar-refractivity contribution in [3.05, 3.63) is 84.0 Å². The summed E-state index contributed by atoms with van der Waals surface area (Å²) in [5.41, 5.74) is 2.17. The van der Waals surface area contributed by atoms with Gasteiger partial charge in [0.15, 0.2) is 0 Å². The van der Waals surface area contributed by atoms with Gasteiger partial charge in [0.2, 0.25) is 0 Å². The first-order chi connectivity index (χ1) is 9.88. The lowest BCUT2D eigenvalue weighted by Gasteiger charge is -2.06. The molecule has 0 unspecified atom stereocenters. The summed E-state index contributed by atoms with van der Waals surface area (Å²) >= 11 is 0. The molecule has 0 aliphatic heterocycles. The standard InChI is InChI=1S/C18H16O2/c19-13-6-2-5-8-16-11-7-12-18(14-16)20-15-17-9-3-1-4-10-17/h1-14H,15H2/b6-2+,8-5+. The Morgan fingerprint density at radius 1 is 0.900 bits per heavy atom. The van der Waals surface area contributed by atoms with Gasteiger partial charge in [-0.05, 0) is 29.3 Å². The fraction of sp³-hybridized carbons (Fsp3) is 0.0556. The van der Waals surface area contributed by atoms with Crippen molar-refractivity contribution in [1.82, 2.24) is 0 Å². The molecule has 2 aromatic carbocycles. The summed E-state index contributed by atoms with van der Waals surface area (Å²) in [5, 5.41) is 0. The summed E-state index contributed by atoms with van der Waals surface area (Å²) in [4.78, 5) is 10.1. The molecule has 0 spiro atoms. The fourth-order valence-electron chi connectivity index (χ4n) is 1.73. The number of benzene rings is 2. The van der Waals surface area contributed by atoms with Crippen molar-refractivity contribution >= 4 is 12.4 Å². The van der Waals surface area contributed by atoms with Crippen LogP contribution < -0.4 is 4.74 Å². The third kappa shape index (κ3) is 4.58. The molecule has 0 aliphatic carbocycles. The van der Waals surface area contributed by atoms with E-state index in [0.717, 1.165) is 23.2 Å². The second kappa shape index (κ2) is 7.74. The van der Waals surface area contributed by atoms with Crippen LogP contribution in [0.3, 0.4) is 0 Å². The zero-order valence-electron chi connectivity index (χ0n) is 11.1. The van der Waals surface area contributed by atoms with Crippen LogP contribution in [0.15, 0.2) is 72.8 Å². The van der Waals surface area contributed by atoms with Crippen molar-refractivity contribution in [2.24, 2.45) is 0 Å². The van der Waals surface area contributed by atoms with Crippen molar-refractivity contribution in [3.8, 4) is 5.75 Å². The normalized spacial score (nSPS) is 11.0. The molecule has 2 aromatic rings. The zero-order chi connectivity index (χ0) is 14.0. The molecule has 0 amide bonds. The van der Waals surface area contributed by atoms with Gasteiger partial charge in [-0.15, -0.1) is 0 Å². The largest absolute Gasteiger partial charge is 0.489 e. The van der Waals surface area contributed by atoms with Crippen molar-refractivity contribution in [3.63, 3.8) is 0 Å². The molecule has 0 saturated heterocycles. The van der Waals surface area contributed by atoms with Crippen LogP contribution in [0, 0.1) is 0 Å². The number of allylic oxidation sites excluding steroid dienone is 3. The highest BCUT2D eigenvalue weighted by atomic mass is 16.5. The first kappa shape index (κ1) is 13.8. The van der Waals surface area contributed by atoms with E-state index in [1.165, 1.54) is 6.08 Å². The number of carbonyl (C=O) groups excluding carboxylic acids is 1. The molecule has 0 bridgehead atoms. The lowest BCUT2D eigenvalue weighted by molar-refractivity contribution is -0.104. The van der Waals surface area contributed by atoms with Crippen LogP contribution in [0.4, 0.5) is 0 Å². The van der Waals surface area contributed by atoms with Crippen molar-refractivity contribution < 1.29 is 9.53 Å². The van der Waals surface area contributed by atoms with Crippen LogP contribution in [-0.2, 0) is 11.4 Å². The second-order valence-corrected chi connectivity index (χ2v) is 4.23. The molecule has 0 aliphatic rings. The van der Waals surface area contributed by atoms with Gasteiger partial charge in [-0.3, -0.25) is 4.79 Å². The Morgan fingerprint density at radius 3 is 2.55 bits per heavy atom. The van der Waals surface area contributed by atoms with Crippen molar-refractivity contribution in [2.75, 3.05) is 0 Å². The van der Waals surface area contributed by atoms with Gasteiger partial charge in [0.25, 0.3) is 0 Å². The fourth-order valence-corrected chi connectivity index (χ4v) is 1.73. The van der Waals surface area contributed by atoms with Gasteiger partial charge in [-0.1, -0.05) is 60.7 Å². The molecule has 2 heteroatoms. The molecular formula is C18H16O2. The van der Waals surface area contributed by atoms with Crippen LogP contribution in [0.5, 0.6) is 5.75 Å². The van der Waals surface area contributed by atoms with Crippen LogP contribution in [-0.4, -0.2) is 6.29 Å². The highest BCUT2D eigenvalue weighted by Gasteiger charge is 1.96. The number of rotatable bonds is 6. The van der Waals surface area contributed by atoms with Gasteiger partial charge < -0.3 is 4.74 Å². The lowest BCUT2D eigenvalue weighted by Crippen LogP contribution is -1.94. The predicted octanol–water partition coefficient (Wildman–Crippen LogP) is 4.03. The number of hydrogen-bond donors (Lipinski definition) is 0. The van der Waals surface area contributed by atoms with Crippen LogP contribution in [0.2, 0.25) is 0 Å². The second-order valence-electron chi connectivity index (χ2n) is 4.23. The predicted molar refractivity (Wildman–Crippen MR) is 81.5 cm³/mol. The Morgan fingerprint density at radius 2 is 1.75 bits per heavy atom. The minimum atomic E-state index is 0.555. The van der Waals surface area contributed by atoms with E-state index in [4.69, 9.17) is 4.74 Å². The Balaban J connectivity index is 1.97. The topological polar surface area (TPSA) is 26.3 Å². The number of hydrogen-bond acceptors (Lipinski definition) is 2. The summed E-state index contributed by atoms with van der Waals surface area (Å²) in [6.07, 6.45) is 7.65. The average Bonchev–Trinajstić information content (AvgIpc) is 2.51. The highest BCUT2D eigenvalue weighted by molar-refractivity contribution is 5.66. The zero-order valence-corrected chi connectivity index (χ0v) is 11.1. The summed E-state index contributed by atoms with van der Waals surface area (Å²) in [6, 6.07) is 17.9. The molecule has 0 atom stereocenters. The SMILES string of the molecule is O=C/C=C/C=C/c1cccc(OCc2ccccc2)c1. The average molecular weight is 264 g/mol. The van der Waals surface area contributed by atoms with E-state index in [-0.39, 0.29) is 0 Å². The van der Waals surface area contributed by atoms with Crippen LogP contribution >= 0.6 is 0 Å². The monoisotopic (exact) mass is 264 g/mol. The van der Waals surface area contributed by atoms with Crippen molar-refractivity contribution in [1.29, 1.82) is 0 Å². The Kier molecular flexibility index (Phi) is 5.35. The number of ether oxygens (including phenoxy) is 1. The quantitative estimate of drug-likeness (QED) is 0.447. The van der Waals surface area contributed by atoms with Gasteiger partial charge in [0.05, 0.1) is 0 Å². The summed E-state index contributed by atoms with van der Waals surface area (Å²) in [6.45, 7) is 0.555. The van der Waals surface area contributed by atoms with E-state index in [0.29, 0.717) is 6.61 Å². The number of carbonyl (C=O) groups is 1.